The maximum Gasteiger partial charge on any atom is 0.225 e. The van der Waals surface area contributed by atoms with Gasteiger partial charge in [-0.05, 0) is 49.4 Å². The number of rotatable bonds is 2. The Bertz CT molecular complexity index is 423. The van der Waals surface area contributed by atoms with E-state index in [4.69, 9.17) is 10.3 Å². The molecular formula is C13H18N2O. The number of anilines is 1. The van der Waals surface area contributed by atoms with Gasteiger partial charge in [0.25, 0.3) is 0 Å². The quantitative estimate of drug-likeness (QED) is 0.830. The van der Waals surface area contributed by atoms with Gasteiger partial charge in [0.15, 0.2) is 0 Å². The second-order valence-corrected chi connectivity index (χ2v) is 5.78. The van der Waals surface area contributed by atoms with E-state index in [1.807, 2.05) is 0 Å². The summed E-state index contributed by atoms with van der Waals surface area (Å²) in [7, 11) is 0. The van der Waals surface area contributed by atoms with E-state index in [2.05, 4.69) is 12.1 Å². The minimum Gasteiger partial charge on any atom is -0.367 e. The van der Waals surface area contributed by atoms with Crippen LogP contribution < -0.4 is 5.73 Å². The van der Waals surface area contributed by atoms with E-state index in [1.54, 1.807) is 0 Å². The van der Waals surface area contributed by atoms with Crippen LogP contribution >= 0.6 is 0 Å². The first-order valence-corrected chi connectivity index (χ1v) is 6.55. The number of hydrogen-bond donors (Lipinski definition) is 1. The fourth-order valence-electron chi connectivity index (χ4n) is 4.64. The van der Waals surface area contributed by atoms with Crippen LogP contribution in [-0.4, -0.2) is 5.16 Å². The van der Waals surface area contributed by atoms with E-state index < -0.39 is 0 Å². The van der Waals surface area contributed by atoms with Crippen LogP contribution in [0.2, 0.25) is 0 Å². The number of nitrogens with two attached hydrogens (primary N) is 1. The average Bonchev–Trinajstić information content (AvgIpc) is 2.67. The molecule has 0 radical (unpaired) electrons. The van der Waals surface area contributed by atoms with Crippen LogP contribution in [0.15, 0.2) is 4.52 Å². The van der Waals surface area contributed by atoms with Gasteiger partial charge in [-0.25, -0.2) is 0 Å². The van der Waals surface area contributed by atoms with Crippen LogP contribution in [0.25, 0.3) is 0 Å². The number of nitrogen functional groups attached to an aromatic ring is 1. The zero-order chi connectivity index (χ0) is 10.9. The highest BCUT2D eigenvalue weighted by Crippen LogP contribution is 2.73. The Kier molecular flexibility index (Phi) is 1.60. The molecule has 0 aromatic carbocycles. The van der Waals surface area contributed by atoms with Crippen LogP contribution in [0.5, 0.6) is 0 Å². The van der Waals surface area contributed by atoms with Crippen molar-refractivity contribution in [2.24, 2.45) is 23.7 Å². The molecule has 3 aliphatic carbocycles. The third-order valence-electron chi connectivity index (χ3n) is 5.25. The maximum atomic E-state index is 5.82. The van der Waals surface area contributed by atoms with Crippen molar-refractivity contribution in [3.63, 3.8) is 0 Å². The van der Waals surface area contributed by atoms with Crippen LogP contribution in [0.1, 0.15) is 43.4 Å². The summed E-state index contributed by atoms with van der Waals surface area (Å²) in [6.07, 6.45) is 5.35. The summed E-state index contributed by atoms with van der Waals surface area (Å²) in [5.74, 6) is 5.07. The minimum absolute atomic E-state index is 0.551. The van der Waals surface area contributed by atoms with Gasteiger partial charge < -0.3 is 10.3 Å². The molecule has 2 bridgehead atoms. The lowest BCUT2D eigenvalue weighted by atomic mass is 9.98. The molecule has 16 heavy (non-hydrogen) atoms. The molecule has 3 aliphatic rings. The molecule has 0 aliphatic heterocycles. The first kappa shape index (κ1) is 9.08. The first-order valence-electron chi connectivity index (χ1n) is 6.55. The Balaban J connectivity index is 1.69. The fourth-order valence-corrected chi connectivity index (χ4v) is 4.64. The van der Waals surface area contributed by atoms with E-state index in [0.29, 0.717) is 11.8 Å². The largest absolute Gasteiger partial charge is 0.367 e. The molecule has 1 aromatic rings. The van der Waals surface area contributed by atoms with E-state index in [9.17, 15) is 0 Å². The summed E-state index contributed by atoms with van der Waals surface area (Å²) in [6, 6.07) is 0. The second-order valence-electron chi connectivity index (χ2n) is 5.78. The number of hydrogen-bond acceptors (Lipinski definition) is 3. The van der Waals surface area contributed by atoms with Gasteiger partial charge in [0.05, 0.1) is 5.69 Å². The molecule has 0 spiro atoms. The fraction of sp³-hybridized carbons (Fsp3) is 0.769. The molecule has 3 heteroatoms. The molecule has 0 saturated heterocycles. The van der Waals surface area contributed by atoms with Gasteiger partial charge in [-0.2, -0.15) is 0 Å². The standard InChI is InChI=1S/C13H18N2O/c1-2-8-12(15-16-13(8)14)11-9-6-3-4-7(5-6)10(9)11/h6-7,9-11H,2-5,14H2,1H3. The van der Waals surface area contributed by atoms with Gasteiger partial charge in [-0.15, -0.1) is 0 Å². The van der Waals surface area contributed by atoms with Crippen molar-refractivity contribution in [3.05, 3.63) is 11.3 Å². The molecule has 1 aromatic heterocycles. The van der Waals surface area contributed by atoms with Crippen molar-refractivity contribution < 1.29 is 4.52 Å². The smallest absolute Gasteiger partial charge is 0.225 e. The summed E-state index contributed by atoms with van der Waals surface area (Å²) in [6.45, 7) is 2.14. The molecule has 3 saturated carbocycles. The first-order chi connectivity index (χ1) is 7.81. The number of aromatic nitrogens is 1. The predicted molar refractivity (Wildman–Crippen MR) is 60.8 cm³/mol. The Hall–Kier alpha value is -0.990. The van der Waals surface area contributed by atoms with Gasteiger partial charge in [0, 0.05) is 11.5 Å². The Labute approximate surface area is 95.4 Å². The molecule has 4 atom stereocenters. The van der Waals surface area contributed by atoms with Crippen molar-refractivity contribution in [3.8, 4) is 0 Å². The van der Waals surface area contributed by atoms with Gasteiger partial charge >= 0.3 is 0 Å². The summed E-state index contributed by atoms with van der Waals surface area (Å²) in [4.78, 5) is 0. The lowest BCUT2D eigenvalue weighted by molar-refractivity contribution is 0.417. The highest BCUT2D eigenvalue weighted by atomic mass is 16.5. The Morgan fingerprint density at radius 3 is 2.62 bits per heavy atom. The summed E-state index contributed by atoms with van der Waals surface area (Å²) in [5.41, 5.74) is 8.20. The van der Waals surface area contributed by atoms with Crippen molar-refractivity contribution in [1.82, 2.24) is 5.16 Å². The zero-order valence-corrected chi connectivity index (χ0v) is 9.65. The Morgan fingerprint density at radius 1 is 1.31 bits per heavy atom. The molecule has 3 fully saturated rings. The van der Waals surface area contributed by atoms with Gasteiger partial charge in [-0.1, -0.05) is 12.1 Å². The highest BCUT2D eigenvalue weighted by Gasteiger charge is 2.66. The third-order valence-corrected chi connectivity index (χ3v) is 5.25. The molecule has 3 nitrogen and oxygen atoms in total. The number of nitrogens with zero attached hydrogens (tertiary/aromatic N) is 1. The monoisotopic (exact) mass is 218 g/mol. The molecule has 86 valence electrons. The van der Waals surface area contributed by atoms with Gasteiger partial charge in [-0.3, -0.25) is 0 Å². The average molecular weight is 218 g/mol. The van der Waals surface area contributed by atoms with Crippen LogP contribution in [0.3, 0.4) is 0 Å². The molecule has 1 heterocycles. The SMILES string of the molecule is CCc1c(C2C3C4CCC(C4)C23)noc1N. The van der Waals surface area contributed by atoms with Crippen molar-refractivity contribution >= 4 is 5.88 Å². The zero-order valence-electron chi connectivity index (χ0n) is 9.65. The molecule has 4 unspecified atom stereocenters. The van der Waals surface area contributed by atoms with Crippen molar-refractivity contribution in [1.29, 1.82) is 0 Å². The lowest BCUT2D eigenvalue weighted by Gasteiger charge is -2.06. The van der Waals surface area contributed by atoms with Gasteiger partial charge in [0.1, 0.15) is 0 Å². The maximum absolute atomic E-state index is 5.82. The minimum atomic E-state index is 0.551. The molecule has 4 rings (SSSR count). The van der Waals surface area contributed by atoms with Crippen LogP contribution in [0.4, 0.5) is 5.88 Å². The van der Waals surface area contributed by atoms with E-state index >= 15 is 0 Å². The molecule has 2 N–H and O–H groups in total. The lowest BCUT2D eigenvalue weighted by Crippen LogP contribution is -2.00. The van der Waals surface area contributed by atoms with E-state index in [-0.39, 0.29) is 0 Å². The highest BCUT2D eigenvalue weighted by molar-refractivity contribution is 5.44. The third kappa shape index (κ3) is 0.926. The van der Waals surface area contributed by atoms with Crippen LogP contribution in [-0.2, 0) is 6.42 Å². The Morgan fingerprint density at radius 2 is 2.00 bits per heavy atom. The normalized spacial score (nSPS) is 43.7. The topological polar surface area (TPSA) is 52.0 Å². The number of fused-ring (bicyclic) bond motifs is 5. The summed E-state index contributed by atoms with van der Waals surface area (Å²) >= 11 is 0. The molecule has 0 amide bonds. The van der Waals surface area contributed by atoms with Crippen molar-refractivity contribution in [2.75, 3.05) is 5.73 Å². The van der Waals surface area contributed by atoms with Crippen LogP contribution in [0, 0.1) is 23.7 Å². The second kappa shape index (κ2) is 2.82. The summed E-state index contributed by atoms with van der Waals surface area (Å²) < 4.78 is 5.17. The summed E-state index contributed by atoms with van der Waals surface area (Å²) in [5, 5.41) is 4.23. The van der Waals surface area contributed by atoms with E-state index in [1.165, 1.54) is 30.5 Å². The van der Waals surface area contributed by atoms with Crippen molar-refractivity contribution in [2.45, 2.75) is 38.5 Å². The predicted octanol–water partition coefficient (Wildman–Crippen LogP) is 2.58. The molecular weight excluding hydrogens is 200 g/mol. The van der Waals surface area contributed by atoms with E-state index in [0.717, 1.165) is 30.1 Å². The van der Waals surface area contributed by atoms with Gasteiger partial charge in [0.2, 0.25) is 5.88 Å².